The molecule has 1 aromatic heterocycles. The first-order chi connectivity index (χ1) is 12.2. The van der Waals surface area contributed by atoms with Crippen molar-refractivity contribution in [1.29, 1.82) is 0 Å². The maximum atomic E-state index is 11.8. The Morgan fingerprint density at radius 1 is 1.04 bits per heavy atom. The lowest BCUT2D eigenvalue weighted by Crippen LogP contribution is -2.35. The van der Waals surface area contributed by atoms with Gasteiger partial charge in [0.25, 0.3) is 0 Å². The van der Waals surface area contributed by atoms with Crippen LogP contribution >= 0.6 is 0 Å². The van der Waals surface area contributed by atoms with Gasteiger partial charge in [-0.3, -0.25) is 0 Å². The van der Waals surface area contributed by atoms with Crippen LogP contribution in [-0.2, 0) is 6.42 Å². The van der Waals surface area contributed by atoms with Gasteiger partial charge in [-0.25, -0.2) is 9.78 Å². The van der Waals surface area contributed by atoms with Crippen molar-refractivity contribution >= 4 is 6.09 Å². The van der Waals surface area contributed by atoms with Crippen LogP contribution in [0.1, 0.15) is 22.7 Å². The number of nitrogens with one attached hydrogen (secondary N) is 1. The highest BCUT2D eigenvalue weighted by Gasteiger charge is 2.21. The number of aromatic amines is 1. The van der Waals surface area contributed by atoms with Crippen LogP contribution in [0.2, 0.25) is 0 Å². The van der Waals surface area contributed by atoms with E-state index in [0.29, 0.717) is 19.5 Å². The molecular formula is C20H21N3O2. The normalized spacial score (nSPS) is 10.8. The van der Waals surface area contributed by atoms with Crippen LogP contribution < -0.4 is 0 Å². The number of benzene rings is 2. The molecule has 0 atom stereocenters. The van der Waals surface area contributed by atoms with Crippen LogP contribution in [0, 0.1) is 0 Å². The standard InChI is InChI=1S/C20H21N3O2/c24-20(25)23(12-11-18-13-21-15-22-18)14-19(16-7-3-1-4-8-16)17-9-5-2-6-10-17/h1-10,13,15,19H,11-12,14H2,(H,21,22)(H,24,25). The fraction of sp³-hybridized carbons (Fsp3) is 0.200. The molecule has 5 heteroatoms. The first kappa shape index (κ1) is 16.8. The van der Waals surface area contributed by atoms with E-state index in [4.69, 9.17) is 0 Å². The molecule has 0 aliphatic heterocycles. The minimum Gasteiger partial charge on any atom is -0.465 e. The van der Waals surface area contributed by atoms with Crippen molar-refractivity contribution in [3.05, 3.63) is 90.0 Å². The summed E-state index contributed by atoms with van der Waals surface area (Å²) in [6.45, 7) is 0.838. The van der Waals surface area contributed by atoms with Crippen LogP contribution in [0.3, 0.4) is 0 Å². The Morgan fingerprint density at radius 3 is 2.12 bits per heavy atom. The van der Waals surface area contributed by atoms with Crippen molar-refractivity contribution < 1.29 is 9.90 Å². The van der Waals surface area contributed by atoms with Crippen molar-refractivity contribution in [2.75, 3.05) is 13.1 Å². The van der Waals surface area contributed by atoms with Crippen molar-refractivity contribution in [3.8, 4) is 0 Å². The first-order valence-corrected chi connectivity index (χ1v) is 8.29. The molecule has 3 aromatic rings. The average molecular weight is 335 g/mol. The number of carbonyl (C=O) groups is 1. The van der Waals surface area contributed by atoms with Gasteiger partial charge in [-0.05, 0) is 11.1 Å². The Morgan fingerprint density at radius 2 is 1.64 bits per heavy atom. The van der Waals surface area contributed by atoms with E-state index in [2.05, 4.69) is 9.97 Å². The predicted molar refractivity (Wildman–Crippen MR) is 96.6 cm³/mol. The summed E-state index contributed by atoms with van der Waals surface area (Å²) in [5.74, 6) is 0.000247. The van der Waals surface area contributed by atoms with Gasteiger partial charge in [-0.15, -0.1) is 0 Å². The molecule has 0 unspecified atom stereocenters. The zero-order valence-corrected chi connectivity index (χ0v) is 13.9. The molecule has 0 radical (unpaired) electrons. The summed E-state index contributed by atoms with van der Waals surface area (Å²) in [6.07, 6.45) is 3.04. The molecule has 0 saturated heterocycles. The number of amides is 1. The molecular weight excluding hydrogens is 314 g/mol. The highest BCUT2D eigenvalue weighted by Crippen LogP contribution is 2.25. The van der Waals surface area contributed by atoms with Gasteiger partial charge in [0.15, 0.2) is 0 Å². The van der Waals surface area contributed by atoms with Gasteiger partial charge in [-0.1, -0.05) is 60.7 Å². The molecule has 0 bridgehead atoms. The Hall–Kier alpha value is -3.08. The molecule has 2 N–H and O–H groups in total. The summed E-state index contributed by atoms with van der Waals surface area (Å²) >= 11 is 0. The zero-order valence-electron chi connectivity index (χ0n) is 13.9. The number of hydrogen-bond acceptors (Lipinski definition) is 2. The number of rotatable bonds is 7. The summed E-state index contributed by atoms with van der Waals surface area (Å²) in [5, 5.41) is 9.64. The van der Waals surface area contributed by atoms with Gasteiger partial charge >= 0.3 is 6.09 Å². The van der Waals surface area contributed by atoms with Crippen molar-refractivity contribution in [2.45, 2.75) is 12.3 Å². The Bertz CT molecular complexity index is 734. The number of carboxylic acid groups (broad SMARTS) is 1. The minimum atomic E-state index is -0.906. The van der Waals surface area contributed by atoms with E-state index in [1.165, 1.54) is 4.90 Å². The fourth-order valence-corrected chi connectivity index (χ4v) is 2.94. The van der Waals surface area contributed by atoms with Gasteiger partial charge in [0, 0.05) is 37.3 Å². The fourth-order valence-electron chi connectivity index (χ4n) is 2.94. The van der Waals surface area contributed by atoms with E-state index >= 15 is 0 Å². The molecule has 1 amide bonds. The molecule has 0 aliphatic carbocycles. The molecule has 25 heavy (non-hydrogen) atoms. The average Bonchev–Trinajstić information content (AvgIpc) is 3.16. The molecule has 2 aromatic carbocycles. The molecule has 3 rings (SSSR count). The van der Waals surface area contributed by atoms with Gasteiger partial charge in [-0.2, -0.15) is 0 Å². The van der Waals surface area contributed by atoms with E-state index in [9.17, 15) is 9.90 Å². The van der Waals surface area contributed by atoms with Gasteiger partial charge in [0.1, 0.15) is 0 Å². The zero-order chi connectivity index (χ0) is 17.5. The first-order valence-electron chi connectivity index (χ1n) is 8.29. The van der Waals surface area contributed by atoms with E-state index in [1.54, 1.807) is 12.5 Å². The van der Waals surface area contributed by atoms with Gasteiger partial charge < -0.3 is 15.0 Å². The SMILES string of the molecule is O=C(O)N(CCc1cnc[nH]1)CC(c1ccccc1)c1ccccc1. The van der Waals surface area contributed by atoms with Crippen LogP contribution in [0.4, 0.5) is 4.79 Å². The molecule has 1 heterocycles. The third-order valence-corrected chi connectivity index (χ3v) is 4.28. The second-order valence-electron chi connectivity index (χ2n) is 5.93. The maximum Gasteiger partial charge on any atom is 0.407 e. The maximum absolute atomic E-state index is 11.8. The number of nitrogens with zero attached hydrogens (tertiary/aromatic N) is 2. The molecule has 128 valence electrons. The molecule has 0 aliphatic rings. The van der Waals surface area contributed by atoms with E-state index in [0.717, 1.165) is 16.8 Å². The van der Waals surface area contributed by atoms with Crippen molar-refractivity contribution in [3.63, 3.8) is 0 Å². The largest absolute Gasteiger partial charge is 0.465 e. The lowest BCUT2D eigenvalue weighted by molar-refractivity contribution is 0.144. The van der Waals surface area contributed by atoms with Crippen LogP contribution in [-0.4, -0.2) is 39.2 Å². The molecule has 0 saturated carbocycles. The third-order valence-electron chi connectivity index (χ3n) is 4.28. The Kier molecular flexibility index (Phi) is 5.46. The van der Waals surface area contributed by atoms with Crippen LogP contribution in [0.15, 0.2) is 73.2 Å². The van der Waals surface area contributed by atoms with Gasteiger partial charge in [0.05, 0.1) is 6.33 Å². The number of hydrogen-bond donors (Lipinski definition) is 2. The lowest BCUT2D eigenvalue weighted by atomic mass is 9.91. The Labute approximate surface area is 147 Å². The highest BCUT2D eigenvalue weighted by molar-refractivity contribution is 5.65. The minimum absolute atomic E-state index is 0.000247. The Balaban J connectivity index is 1.80. The summed E-state index contributed by atoms with van der Waals surface area (Å²) < 4.78 is 0. The van der Waals surface area contributed by atoms with Crippen LogP contribution in [0.5, 0.6) is 0 Å². The van der Waals surface area contributed by atoms with E-state index in [1.807, 2.05) is 60.7 Å². The molecule has 0 fully saturated rings. The molecule has 5 nitrogen and oxygen atoms in total. The second kappa shape index (κ2) is 8.15. The van der Waals surface area contributed by atoms with Crippen LogP contribution in [0.25, 0.3) is 0 Å². The van der Waals surface area contributed by atoms with Crippen molar-refractivity contribution in [1.82, 2.24) is 14.9 Å². The van der Waals surface area contributed by atoms with E-state index in [-0.39, 0.29) is 5.92 Å². The topological polar surface area (TPSA) is 69.2 Å². The quantitative estimate of drug-likeness (QED) is 0.690. The monoisotopic (exact) mass is 335 g/mol. The summed E-state index contributed by atoms with van der Waals surface area (Å²) in [7, 11) is 0. The smallest absolute Gasteiger partial charge is 0.407 e. The van der Waals surface area contributed by atoms with Crippen molar-refractivity contribution in [2.24, 2.45) is 0 Å². The second-order valence-corrected chi connectivity index (χ2v) is 5.93. The molecule has 0 spiro atoms. The highest BCUT2D eigenvalue weighted by atomic mass is 16.4. The number of imidazole rings is 1. The number of H-pyrrole nitrogens is 1. The number of aromatic nitrogens is 2. The van der Waals surface area contributed by atoms with Gasteiger partial charge in [0.2, 0.25) is 0 Å². The summed E-state index contributed by atoms with van der Waals surface area (Å²) in [6, 6.07) is 20.1. The lowest BCUT2D eigenvalue weighted by Gasteiger charge is -2.26. The summed E-state index contributed by atoms with van der Waals surface area (Å²) in [5.41, 5.74) is 3.16. The third kappa shape index (κ3) is 4.47. The summed E-state index contributed by atoms with van der Waals surface area (Å²) in [4.78, 5) is 20.2. The predicted octanol–water partition coefficient (Wildman–Crippen LogP) is 3.76. The van der Waals surface area contributed by atoms with E-state index < -0.39 is 6.09 Å².